The molecule has 0 spiro atoms. The Balaban J connectivity index is 1.65. The van der Waals surface area contributed by atoms with E-state index in [1.54, 1.807) is 21.3 Å². The molecule has 2 aromatic heterocycles. The molecule has 8 aromatic rings. The van der Waals surface area contributed by atoms with Crippen LogP contribution >= 0.6 is 0 Å². The number of halogens is 2. The average molecular weight is 560 g/mol. The van der Waals surface area contributed by atoms with Gasteiger partial charge in [-0.05, 0) is 42.3 Å². The van der Waals surface area contributed by atoms with Crippen molar-refractivity contribution in [1.82, 2.24) is 9.13 Å². The monoisotopic (exact) mass is 559 g/mol. The molecular formula is C38H23F2N3. The summed E-state index contributed by atoms with van der Waals surface area (Å²) in [5, 5.41) is 14.5. The van der Waals surface area contributed by atoms with Gasteiger partial charge in [0.25, 0.3) is 0 Å². The van der Waals surface area contributed by atoms with Crippen LogP contribution in [-0.2, 0) is 0 Å². The Hall–Kier alpha value is -5.73. The summed E-state index contributed by atoms with van der Waals surface area (Å²) in [6.45, 7) is 1.84. The summed E-state index contributed by atoms with van der Waals surface area (Å²) in [5.74, 6) is -1.56. The first-order valence-electron chi connectivity index (χ1n) is 14.1. The number of nitrogens with zero attached hydrogens (tertiary/aromatic N) is 3. The van der Waals surface area contributed by atoms with Gasteiger partial charge in [-0.2, -0.15) is 5.26 Å². The number of hydrogen-bond acceptors (Lipinski definition) is 1. The predicted molar refractivity (Wildman–Crippen MR) is 170 cm³/mol. The average Bonchev–Trinajstić information content (AvgIpc) is 3.55. The summed E-state index contributed by atoms with van der Waals surface area (Å²) in [4.78, 5) is 0. The highest BCUT2D eigenvalue weighted by Gasteiger charge is 2.31. The zero-order valence-electron chi connectivity index (χ0n) is 23.1. The van der Waals surface area contributed by atoms with Crippen molar-refractivity contribution in [3.63, 3.8) is 0 Å². The molecule has 0 N–H and O–H groups in total. The highest BCUT2D eigenvalue weighted by Crippen LogP contribution is 2.44. The topological polar surface area (TPSA) is 33.6 Å². The minimum absolute atomic E-state index is 0.0245. The first-order valence-corrected chi connectivity index (χ1v) is 14.1. The maximum Gasteiger partial charge on any atom is 0.159 e. The third kappa shape index (κ3) is 3.44. The lowest BCUT2D eigenvalue weighted by molar-refractivity contribution is 0.580. The molecule has 0 aliphatic heterocycles. The predicted octanol–water partition coefficient (Wildman–Crippen LogP) is 10.0. The van der Waals surface area contributed by atoms with Crippen LogP contribution in [0.15, 0.2) is 121 Å². The largest absolute Gasteiger partial charge is 0.305 e. The van der Waals surface area contributed by atoms with E-state index < -0.39 is 11.6 Å². The van der Waals surface area contributed by atoms with Gasteiger partial charge in [0.05, 0.1) is 27.6 Å². The second kappa shape index (κ2) is 9.40. The number of nitriles is 1. The number of fused-ring (bicyclic) bond motifs is 6. The van der Waals surface area contributed by atoms with Crippen LogP contribution < -0.4 is 0 Å². The molecule has 0 radical (unpaired) electrons. The van der Waals surface area contributed by atoms with Crippen LogP contribution in [0.4, 0.5) is 8.78 Å². The maximum atomic E-state index is 17.3. The Morgan fingerprint density at radius 3 is 1.23 bits per heavy atom. The minimum Gasteiger partial charge on any atom is -0.305 e. The lowest BCUT2D eigenvalue weighted by Gasteiger charge is -2.21. The Kier molecular flexibility index (Phi) is 5.47. The van der Waals surface area contributed by atoms with Crippen molar-refractivity contribution in [2.24, 2.45) is 0 Å². The summed E-state index contributed by atoms with van der Waals surface area (Å²) in [6, 6.07) is 40.3. The number of aryl methyl sites for hydroxylation is 1. The van der Waals surface area contributed by atoms with Crippen LogP contribution in [-0.4, -0.2) is 9.13 Å². The number of rotatable bonds is 3. The first-order chi connectivity index (χ1) is 21.1. The third-order valence-corrected chi connectivity index (χ3v) is 8.46. The molecule has 0 atom stereocenters. The van der Waals surface area contributed by atoms with Crippen molar-refractivity contribution in [2.45, 2.75) is 6.92 Å². The van der Waals surface area contributed by atoms with Gasteiger partial charge < -0.3 is 9.13 Å². The lowest BCUT2D eigenvalue weighted by Crippen LogP contribution is -2.12. The SMILES string of the molecule is Cc1ccccc1-c1c(F)c(-n2c3ccccc3c3ccccc32)c(C#N)c(-n2c3ccccc3c3ccccc32)c1F. The van der Waals surface area contributed by atoms with Gasteiger partial charge in [0, 0.05) is 21.5 Å². The van der Waals surface area contributed by atoms with E-state index in [-0.39, 0.29) is 22.5 Å². The minimum atomic E-state index is -0.778. The molecule has 5 heteroatoms. The summed E-state index contributed by atoms with van der Waals surface area (Å²) >= 11 is 0. The maximum absolute atomic E-state index is 17.3. The molecule has 0 aliphatic rings. The van der Waals surface area contributed by atoms with Crippen molar-refractivity contribution >= 4 is 43.6 Å². The summed E-state index contributed by atoms with van der Waals surface area (Å²) < 4.78 is 38.1. The molecule has 0 saturated heterocycles. The number of hydrogen-bond donors (Lipinski definition) is 0. The summed E-state index contributed by atoms with van der Waals surface area (Å²) in [5.41, 5.74) is 3.90. The highest BCUT2D eigenvalue weighted by molar-refractivity contribution is 6.11. The van der Waals surface area contributed by atoms with E-state index in [1.807, 2.05) is 116 Å². The summed E-state index contributed by atoms with van der Waals surface area (Å²) in [7, 11) is 0. The quantitative estimate of drug-likeness (QED) is 0.212. The van der Waals surface area contributed by atoms with E-state index in [0.29, 0.717) is 5.56 Å². The Morgan fingerprint density at radius 1 is 0.512 bits per heavy atom. The molecule has 0 unspecified atom stereocenters. The number of aromatic nitrogens is 2. The molecule has 204 valence electrons. The second-order valence-electron chi connectivity index (χ2n) is 10.7. The van der Waals surface area contributed by atoms with Gasteiger partial charge in [0.15, 0.2) is 11.6 Å². The molecular weight excluding hydrogens is 536 g/mol. The van der Waals surface area contributed by atoms with Gasteiger partial charge in [-0.15, -0.1) is 0 Å². The van der Waals surface area contributed by atoms with Gasteiger partial charge in [-0.3, -0.25) is 0 Å². The van der Waals surface area contributed by atoms with Crippen LogP contribution in [0.5, 0.6) is 0 Å². The van der Waals surface area contributed by atoms with Gasteiger partial charge in [-0.25, -0.2) is 8.78 Å². The molecule has 0 amide bonds. The van der Waals surface area contributed by atoms with E-state index in [4.69, 9.17) is 0 Å². The molecule has 0 aliphatic carbocycles. The molecule has 6 aromatic carbocycles. The van der Waals surface area contributed by atoms with E-state index >= 15 is 8.78 Å². The van der Waals surface area contributed by atoms with Crippen LogP contribution in [0.3, 0.4) is 0 Å². The normalized spacial score (nSPS) is 11.6. The molecule has 0 fully saturated rings. The molecule has 8 rings (SSSR count). The van der Waals surface area contributed by atoms with E-state index in [9.17, 15) is 5.26 Å². The van der Waals surface area contributed by atoms with Crippen LogP contribution in [0.2, 0.25) is 0 Å². The Bertz CT molecular complexity index is 2210. The van der Waals surface area contributed by atoms with Crippen LogP contribution in [0, 0.1) is 29.9 Å². The number of para-hydroxylation sites is 4. The second-order valence-corrected chi connectivity index (χ2v) is 10.7. The van der Waals surface area contributed by atoms with Crippen molar-refractivity contribution in [2.75, 3.05) is 0 Å². The molecule has 2 heterocycles. The van der Waals surface area contributed by atoms with Crippen molar-refractivity contribution in [3.05, 3.63) is 144 Å². The zero-order valence-corrected chi connectivity index (χ0v) is 23.1. The smallest absolute Gasteiger partial charge is 0.159 e. The van der Waals surface area contributed by atoms with Gasteiger partial charge >= 0.3 is 0 Å². The van der Waals surface area contributed by atoms with Crippen molar-refractivity contribution in [3.8, 4) is 28.6 Å². The zero-order chi connectivity index (χ0) is 29.2. The first kappa shape index (κ1) is 25.0. The molecule has 0 saturated carbocycles. The van der Waals surface area contributed by atoms with Gasteiger partial charge in [-0.1, -0.05) is 97.1 Å². The van der Waals surface area contributed by atoms with Crippen molar-refractivity contribution < 1.29 is 8.78 Å². The molecule has 0 bridgehead atoms. The fourth-order valence-electron chi connectivity index (χ4n) is 6.61. The van der Waals surface area contributed by atoms with Crippen molar-refractivity contribution in [1.29, 1.82) is 5.26 Å². The molecule has 43 heavy (non-hydrogen) atoms. The molecule has 3 nitrogen and oxygen atoms in total. The van der Waals surface area contributed by atoms with Gasteiger partial charge in [0.1, 0.15) is 23.0 Å². The third-order valence-electron chi connectivity index (χ3n) is 8.46. The van der Waals surface area contributed by atoms with Crippen LogP contribution in [0.25, 0.3) is 66.1 Å². The Labute approximate surface area is 246 Å². The fourth-order valence-corrected chi connectivity index (χ4v) is 6.61. The van der Waals surface area contributed by atoms with Gasteiger partial charge in [0.2, 0.25) is 0 Å². The van der Waals surface area contributed by atoms with E-state index in [0.717, 1.165) is 49.2 Å². The van der Waals surface area contributed by atoms with E-state index in [2.05, 4.69) is 6.07 Å². The lowest BCUT2D eigenvalue weighted by atomic mass is 9.95. The fraction of sp³-hybridized carbons (Fsp3) is 0.0263. The summed E-state index contributed by atoms with van der Waals surface area (Å²) in [6.07, 6.45) is 0. The van der Waals surface area contributed by atoms with E-state index in [1.165, 1.54) is 0 Å². The Morgan fingerprint density at radius 2 is 0.860 bits per heavy atom. The standard InChI is InChI=1S/C38H23F2N3/c1-23-12-2-3-13-24(23)34-35(39)37(42-30-18-8-4-14-25(30)26-15-5-9-19-31(26)42)29(22-41)38(36(34)40)43-32-20-10-6-16-27(32)28-17-7-11-21-33(28)43/h2-21H,1H3. The van der Waals surface area contributed by atoms with Crippen LogP contribution in [0.1, 0.15) is 11.1 Å². The highest BCUT2D eigenvalue weighted by atomic mass is 19.1. The number of benzene rings is 6.